The van der Waals surface area contributed by atoms with Gasteiger partial charge in [-0.1, -0.05) is 53.0 Å². The number of rotatable bonds is 7. The quantitative estimate of drug-likeness (QED) is 0.429. The summed E-state index contributed by atoms with van der Waals surface area (Å²) in [6, 6.07) is 15.2. The predicted octanol–water partition coefficient (Wildman–Crippen LogP) is 6.99. The molecule has 0 spiro atoms. The van der Waals surface area contributed by atoms with E-state index in [9.17, 15) is 4.39 Å². The third-order valence-electron chi connectivity index (χ3n) is 3.98. The SMILES string of the molecule is COc1cc(CNc2cc(Cl)cc(Cl)c2)cc(Cl)c1OCc1ccccc1F. The van der Waals surface area contributed by atoms with Crippen LogP contribution in [0.4, 0.5) is 10.1 Å². The van der Waals surface area contributed by atoms with Crippen LogP contribution in [0, 0.1) is 5.82 Å². The van der Waals surface area contributed by atoms with E-state index >= 15 is 0 Å². The summed E-state index contributed by atoms with van der Waals surface area (Å²) in [6.45, 7) is 0.516. The Kier molecular flexibility index (Phi) is 6.89. The molecule has 0 unspecified atom stereocenters. The average Bonchev–Trinajstić information content (AvgIpc) is 2.65. The average molecular weight is 441 g/mol. The first kappa shape index (κ1) is 20.6. The van der Waals surface area contributed by atoms with E-state index in [1.165, 1.54) is 13.2 Å². The van der Waals surface area contributed by atoms with Crippen LogP contribution in [0.25, 0.3) is 0 Å². The van der Waals surface area contributed by atoms with E-state index < -0.39 is 0 Å². The molecule has 7 heteroatoms. The summed E-state index contributed by atoms with van der Waals surface area (Å²) in [4.78, 5) is 0. The highest BCUT2D eigenvalue weighted by atomic mass is 35.5. The van der Waals surface area contributed by atoms with Gasteiger partial charge >= 0.3 is 0 Å². The molecular weight excluding hydrogens is 424 g/mol. The molecule has 3 aromatic carbocycles. The lowest BCUT2D eigenvalue weighted by molar-refractivity contribution is 0.280. The van der Waals surface area contributed by atoms with Crippen LogP contribution in [0.1, 0.15) is 11.1 Å². The maximum Gasteiger partial charge on any atom is 0.180 e. The molecule has 0 radical (unpaired) electrons. The summed E-state index contributed by atoms with van der Waals surface area (Å²) in [5, 5.41) is 4.69. The fourth-order valence-corrected chi connectivity index (χ4v) is 3.45. The minimum atomic E-state index is -0.335. The van der Waals surface area contributed by atoms with Crippen LogP contribution < -0.4 is 14.8 Å². The van der Waals surface area contributed by atoms with Crippen LogP contribution in [0.3, 0.4) is 0 Å². The third-order valence-corrected chi connectivity index (χ3v) is 4.70. The Morgan fingerprint density at radius 3 is 2.36 bits per heavy atom. The standard InChI is InChI=1S/C21H17Cl3FNO2/c1-27-20-7-13(11-26-17-9-15(22)8-16(23)10-17)6-18(24)21(20)28-12-14-4-2-3-5-19(14)25/h2-10,26H,11-12H2,1H3. The topological polar surface area (TPSA) is 30.5 Å². The highest BCUT2D eigenvalue weighted by molar-refractivity contribution is 6.35. The Labute approximate surface area is 177 Å². The van der Waals surface area contributed by atoms with Crippen LogP contribution in [0.5, 0.6) is 11.5 Å². The molecule has 0 bridgehead atoms. The Morgan fingerprint density at radius 2 is 1.68 bits per heavy atom. The first-order chi connectivity index (χ1) is 13.5. The first-order valence-corrected chi connectivity index (χ1v) is 9.52. The van der Waals surface area contributed by atoms with Crippen LogP contribution in [0.2, 0.25) is 15.1 Å². The molecule has 0 aromatic heterocycles. The second-order valence-electron chi connectivity index (χ2n) is 6.00. The van der Waals surface area contributed by atoms with Crippen molar-refractivity contribution < 1.29 is 13.9 Å². The first-order valence-electron chi connectivity index (χ1n) is 8.39. The molecule has 0 amide bonds. The largest absolute Gasteiger partial charge is 0.493 e. The maximum absolute atomic E-state index is 13.8. The monoisotopic (exact) mass is 439 g/mol. The summed E-state index contributed by atoms with van der Waals surface area (Å²) in [5.74, 6) is 0.491. The van der Waals surface area contributed by atoms with Gasteiger partial charge in [0.15, 0.2) is 11.5 Å². The summed E-state index contributed by atoms with van der Waals surface area (Å²) in [6.07, 6.45) is 0. The van der Waals surface area contributed by atoms with Gasteiger partial charge in [-0.3, -0.25) is 0 Å². The Morgan fingerprint density at radius 1 is 0.964 bits per heavy atom. The summed E-state index contributed by atoms with van der Waals surface area (Å²) in [7, 11) is 1.52. The molecule has 1 N–H and O–H groups in total. The lowest BCUT2D eigenvalue weighted by Gasteiger charge is -2.15. The van der Waals surface area contributed by atoms with Gasteiger partial charge in [0.1, 0.15) is 12.4 Å². The number of methoxy groups -OCH3 is 1. The van der Waals surface area contributed by atoms with Gasteiger partial charge < -0.3 is 14.8 Å². The van der Waals surface area contributed by atoms with Gasteiger partial charge in [0.05, 0.1) is 12.1 Å². The highest BCUT2D eigenvalue weighted by Gasteiger charge is 2.13. The van der Waals surface area contributed by atoms with Crippen molar-refractivity contribution in [2.45, 2.75) is 13.2 Å². The number of hydrogen-bond donors (Lipinski definition) is 1. The Hall–Kier alpha value is -2.14. The Balaban J connectivity index is 1.74. The zero-order valence-electron chi connectivity index (χ0n) is 14.9. The summed E-state index contributed by atoms with van der Waals surface area (Å²) < 4.78 is 24.9. The Bertz CT molecular complexity index is 962. The minimum absolute atomic E-state index is 0.0430. The smallest absolute Gasteiger partial charge is 0.180 e. The van der Waals surface area contributed by atoms with Crippen molar-refractivity contribution in [3.8, 4) is 11.5 Å². The molecule has 0 atom stereocenters. The van der Waals surface area contributed by atoms with Gasteiger partial charge in [-0.2, -0.15) is 0 Å². The lowest BCUT2D eigenvalue weighted by atomic mass is 10.2. The molecule has 0 fully saturated rings. The molecule has 0 saturated heterocycles. The van der Waals surface area contributed by atoms with Crippen LogP contribution in [-0.2, 0) is 13.2 Å². The number of ether oxygens (including phenoxy) is 2. The third kappa shape index (κ3) is 5.22. The zero-order valence-corrected chi connectivity index (χ0v) is 17.2. The van der Waals surface area contributed by atoms with Crippen molar-refractivity contribution in [3.63, 3.8) is 0 Å². The second kappa shape index (κ2) is 9.37. The van der Waals surface area contributed by atoms with Crippen molar-refractivity contribution in [2.24, 2.45) is 0 Å². The van der Waals surface area contributed by atoms with E-state index in [-0.39, 0.29) is 12.4 Å². The number of anilines is 1. The molecular formula is C21H17Cl3FNO2. The van der Waals surface area contributed by atoms with E-state index in [1.54, 1.807) is 42.5 Å². The van der Waals surface area contributed by atoms with Crippen molar-refractivity contribution >= 4 is 40.5 Å². The predicted molar refractivity (Wildman–Crippen MR) is 113 cm³/mol. The lowest BCUT2D eigenvalue weighted by Crippen LogP contribution is -2.03. The van der Waals surface area contributed by atoms with Crippen molar-refractivity contribution in [1.29, 1.82) is 0 Å². The molecule has 0 saturated carbocycles. The van der Waals surface area contributed by atoms with Gasteiger partial charge in [-0.15, -0.1) is 0 Å². The second-order valence-corrected chi connectivity index (χ2v) is 7.28. The number of halogens is 4. The molecule has 146 valence electrons. The molecule has 3 nitrogen and oxygen atoms in total. The fourth-order valence-electron chi connectivity index (χ4n) is 2.64. The highest BCUT2D eigenvalue weighted by Crippen LogP contribution is 2.37. The number of hydrogen-bond acceptors (Lipinski definition) is 3. The van der Waals surface area contributed by atoms with E-state index in [4.69, 9.17) is 44.3 Å². The van der Waals surface area contributed by atoms with Crippen molar-refractivity contribution in [1.82, 2.24) is 0 Å². The summed E-state index contributed by atoms with van der Waals surface area (Å²) in [5.41, 5.74) is 2.09. The molecule has 28 heavy (non-hydrogen) atoms. The number of nitrogens with one attached hydrogen (secondary N) is 1. The van der Waals surface area contributed by atoms with Crippen LogP contribution in [-0.4, -0.2) is 7.11 Å². The van der Waals surface area contributed by atoms with Crippen molar-refractivity contribution in [3.05, 3.63) is 86.6 Å². The van der Waals surface area contributed by atoms with Gasteiger partial charge in [-0.25, -0.2) is 4.39 Å². The molecule has 0 heterocycles. The number of benzene rings is 3. The van der Waals surface area contributed by atoms with Gasteiger partial charge in [0.2, 0.25) is 0 Å². The summed E-state index contributed by atoms with van der Waals surface area (Å²) >= 11 is 18.4. The molecule has 0 aliphatic heterocycles. The fraction of sp³-hybridized carbons (Fsp3) is 0.143. The normalized spacial score (nSPS) is 10.6. The maximum atomic E-state index is 13.8. The van der Waals surface area contributed by atoms with Crippen LogP contribution in [0.15, 0.2) is 54.6 Å². The molecule has 0 aliphatic rings. The van der Waals surface area contributed by atoms with E-state index in [0.717, 1.165) is 11.3 Å². The van der Waals surface area contributed by atoms with E-state index in [1.807, 2.05) is 6.07 Å². The minimum Gasteiger partial charge on any atom is -0.493 e. The zero-order chi connectivity index (χ0) is 20.1. The molecule has 3 rings (SSSR count). The van der Waals surface area contributed by atoms with Gasteiger partial charge in [0.25, 0.3) is 0 Å². The van der Waals surface area contributed by atoms with Gasteiger partial charge in [0, 0.05) is 27.8 Å². The van der Waals surface area contributed by atoms with Crippen molar-refractivity contribution in [2.75, 3.05) is 12.4 Å². The van der Waals surface area contributed by atoms with Crippen LogP contribution >= 0.6 is 34.8 Å². The van der Waals surface area contributed by atoms with Gasteiger partial charge in [-0.05, 0) is 42.0 Å². The van der Waals surface area contributed by atoms with E-state index in [2.05, 4.69) is 5.32 Å². The molecule has 0 aliphatic carbocycles. The van der Waals surface area contributed by atoms with E-state index in [0.29, 0.717) is 38.7 Å². The molecule has 3 aromatic rings.